The lowest BCUT2D eigenvalue weighted by Crippen LogP contribution is -2.39. The van der Waals surface area contributed by atoms with Crippen molar-refractivity contribution in [3.05, 3.63) is 138 Å². The van der Waals surface area contributed by atoms with Crippen LogP contribution in [-0.2, 0) is 16.2 Å². The van der Waals surface area contributed by atoms with Crippen LogP contribution in [0.3, 0.4) is 0 Å². The van der Waals surface area contributed by atoms with Gasteiger partial charge in [-0.15, -0.1) is 0 Å². The Morgan fingerprint density at radius 2 is 1.28 bits per heavy atom. The second-order valence-electron chi connectivity index (χ2n) is 19.9. The summed E-state index contributed by atoms with van der Waals surface area (Å²) in [5.41, 5.74) is 9.79. The van der Waals surface area contributed by atoms with Crippen LogP contribution in [0, 0.1) is 5.82 Å². The van der Waals surface area contributed by atoms with Gasteiger partial charge in [0.15, 0.2) is 0 Å². The first-order valence-corrected chi connectivity index (χ1v) is 23.8. The molecule has 0 unspecified atom stereocenters. The number of hydrogen-bond donors (Lipinski definition) is 0. The van der Waals surface area contributed by atoms with E-state index in [1.54, 1.807) is 6.07 Å². The lowest BCUT2D eigenvalue weighted by molar-refractivity contribution is 0.483. The fraction of sp³-hybridized carbons (Fsp3) is 0.294. The van der Waals surface area contributed by atoms with Crippen molar-refractivity contribution in [2.45, 2.75) is 98.2 Å². The molecule has 1 aliphatic heterocycles. The van der Waals surface area contributed by atoms with Gasteiger partial charge in [-0.1, -0.05) is 106 Å². The maximum atomic E-state index is 14.7. The Morgan fingerprint density at radius 3 is 1.95 bits per heavy atom. The Kier molecular flexibility index (Phi) is 9.30. The van der Waals surface area contributed by atoms with Crippen LogP contribution in [0.25, 0.3) is 27.6 Å². The highest BCUT2D eigenvalue weighted by atomic mass is 28.3. The zero-order chi connectivity index (χ0) is 41.5. The van der Waals surface area contributed by atoms with Gasteiger partial charge in [-0.25, -0.2) is 9.37 Å². The standard InChI is InChI=1S/C51H55FN4OSi/c1-49(2,3)33-23-24-53-47(28-33)56-43-22-19-36(52)29-42(43)41-21-20-40(31-45(41)56)57-39-16-13-15-37(30-39)54-32-55(48-44(54)17-14-18-46(48)58(10,11)12)38-26-34(50(4,5)6)25-35(27-38)51(7,8)9/h13-31H,1-12H3/q+2. The Bertz CT molecular complexity index is 2820. The van der Waals surface area contributed by atoms with Crippen molar-refractivity contribution in [1.82, 2.24) is 18.7 Å². The second-order valence-corrected chi connectivity index (χ2v) is 24.9. The summed E-state index contributed by atoms with van der Waals surface area (Å²) in [4.78, 5) is 4.80. The number of benzene rings is 5. The summed E-state index contributed by atoms with van der Waals surface area (Å²) in [6, 6.07) is 40.9. The molecule has 0 atom stereocenters. The van der Waals surface area contributed by atoms with Crippen LogP contribution in [0.5, 0.6) is 11.5 Å². The summed E-state index contributed by atoms with van der Waals surface area (Å²) in [6.07, 6.45) is 1.85. The van der Waals surface area contributed by atoms with Gasteiger partial charge < -0.3 is 4.74 Å². The third-order valence-electron chi connectivity index (χ3n) is 11.2. The van der Waals surface area contributed by atoms with Gasteiger partial charge in [0.2, 0.25) is 11.4 Å². The van der Waals surface area contributed by atoms with Gasteiger partial charge >= 0.3 is 6.01 Å². The molecule has 0 radical (unpaired) electrons. The van der Waals surface area contributed by atoms with Crippen LogP contribution in [0.2, 0.25) is 19.6 Å². The molecule has 2 aromatic heterocycles. The monoisotopic (exact) mass is 786 g/mol. The maximum Gasteiger partial charge on any atom is 0.503 e. The van der Waals surface area contributed by atoms with Crippen LogP contribution in [-0.4, -0.2) is 23.6 Å². The molecule has 0 aliphatic carbocycles. The van der Waals surface area contributed by atoms with Gasteiger partial charge in [-0.3, -0.25) is 4.57 Å². The SMILES string of the molecule is CC(C)(C)c1cc([N+]2=C=[N+](c3cccc(Oc4ccc5c6cc(F)ccc6n(-c6cc(C(C)(C)C)ccn6)c5c4)c3)c3cccc([Si](C)(C)C)c32)cc(C(C)(C)C)c1. The number of para-hydroxylation sites is 1. The van der Waals surface area contributed by atoms with Gasteiger partial charge in [0.25, 0.3) is 11.4 Å². The zero-order valence-corrected chi connectivity index (χ0v) is 37.0. The van der Waals surface area contributed by atoms with Crippen LogP contribution in [0.1, 0.15) is 79.0 Å². The third-order valence-corrected chi connectivity index (χ3v) is 13.3. The van der Waals surface area contributed by atoms with Crippen LogP contribution >= 0.6 is 0 Å². The molecule has 294 valence electrons. The molecule has 7 aromatic rings. The van der Waals surface area contributed by atoms with E-state index in [0.717, 1.165) is 44.7 Å². The third kappa shape index (κ3) is 7.23. The number of ether oxygens (including phenoxy) is 1. The van der Waals surface area contributed by atoms with Crippen molar-refractivity contribution in [1.29, 1.82) is 0 Å². The molecule has 0 spiro atoms. The molecule has 0 saturated carbocycles. The number of halogens is 1. The number of hydrogen-bond acceptors (Lipinski definition) is 2. The van der Waals surface area contributed by atoms with Crippen LogP contribution in [0.4, 0.5) is 27.1 Å². The van der Waals surface area contributed by atoms with Crippen molar-refractivity contribution in [3.63, 3.8) is 0 Å². The number of rotatable bonds is 6. The van der Waals surface area contributed by atoms with Crippen molar-refractivity contribution < 1.29 is 9.13 Å². The van der Waals surface area contributed by atoms with E-state index in [1.807, 2.05) is 42.6 Å². The minimum absolute atomic E-state index is 0.0250. The van der Waals surface area contributed by atoms with E-state index in [9.17, 15) is 4.39 Å². The topological polar surface area (TPSA) is 33.1 Å². The average molecular weight is 787 g/mol. The normalized spacial score (nSPS) is 13.5. The molecular formula is C51H55FN4OSi+2. The van der Waals surface area contributed by atoms with E-state index in [2.05, 4.69) is 162 Å². The zero-order valence-electron chi connectivity index (χ0n) is 36.0. The fourth-order valence-corrected chi connectivity index (χ4v) is 9.40. The predicted molar refractivity (Wildman–Crippen MR) is 245 cm³/mol. The highest BCUT2D eigenvalue weighted by molar-refractivity contribution is 6.89. The molecule has 0 bridgehead atoms. The molecule has 7 heteroatoms. The molecule has 5 nitrogen and oxygen atoms in total. The van der Waals surface area contributed by atoms with Crippen molar-refractivity contribution in [2.75, 3.05) is 0 Å². The molecule has 0 saturated heterocycles. The number of aromatic nitrogens is 2. The Balaban J connectivity index is 1.26. The summed E-state index contributed by atoms with van der Waals surface area (Å²) in [6.45, 7) is 27.5. The number of pyridine rings is 1. The first-order chi connectivity index (χ1) is 27.2. The van der Waals surface area contributed by atoms with E-state index < -0.39 is 8.07 Å². The van der Waals surface area contributed by atoms with E-state index in [-0.39, 0.29) is 22.1 Å². The molecule has 3 heterocycles. The lowest BCUT2D eigenvalue weighted by atomic mass is 9.80. The lowest BCUT2D eigenvalue weighted by Gasteiger charge is -2.25. The predicted octanol–water partition coefficient (Wildman–Crippen LogP) is 13.4. The van der Waals surface area contributed by atoms with Crippen LogP contribution < -0.4 is 19.1 Å². The molecule has 0 fully saturated rings. The highest BCUT2D eigenvalue weighted by Gasteiger charge is 2.42. The Labute approximate surface area is 343 Å². The smallest absolute Gasteiger partial charge is 0.457 e. The summed E-state index contributed by atoms with van der Waals surface area (Å²) in [5, 5.41) is 3.15. The van der Waals surface area contributed by atoms with Gasteiger partial charge in [0.1, 0.15) is 23.1 Å². The van der Waals surface area contributed by atoms with Crippen molar-refractivity contribution >= 4 is 63.8 Å². The van der Waals surface area contributed by atoms with E-state index in [0.29, 0.717) is 11.5 Å². The average Bonchev–Trinajstić information content (AvgIpc) is 3.69. The van der Waals surface area contributed by atoms with E-state index in [4.69, 9.17) is 9.72 Å². The Hall–Kier alpha value is -5.62. The number of fused-ring (bicyclic) bond motifs is 4. The minimum atomic E-state index is -1.80. The first kappa shape index (κ1) is 39.2. The summed E-state index contributed by atoms with van der Waals surface area (Å²) < 4.78 is 28.0. The first-order valence-electron chi connectivity index (χ1n) is 20.3. The molecule has 8 rings (SSSR count). The van der Waals surface area contributed by atoms with Crippen LogP contribution in [0.15, 0.2) is 115 Å². The molecular weight excluding hydrogens is 732 g/mol. The van der Waals surface area contributed by atoms with Gasteiger partial charge in [0, 0.05) is 52.5 Å². The fourth-order valence-electron chi connectivity index (χ4n) is 7.86. The molecule has 0 N–H and O–H groups in total. The quantitative estimate of drug-likeness (QED) is 0.124. The highest BCUT2D eigenvalue weighted by Crippen LogP contribution is 2.41. The maximum absolute atomic E-state index is 14.7. The summed E-state index contributed by atoms with van der Waals surface area (Å²) >= 11 is 0. The molecule has 5 aromatic carbocycles. The number of nitrogens with zero attached hydrogens (tertiary/aromatic N) is 4. The summed E-state index contributed by atoms with van der Waals surface area (Å²) in [7, 11) is -1.80. The van der Waals surface area contributed by atoms with Gasteiger partial charge in [-0.2, -0.15) is 0 Å². The van der Waals surface area contributed by atoms with Gasteiger partial charge in [-0.05, 0) is 90.6 Å². The minimum Gasteiger partial charge on any atom is -0.457 e. The van der Waals surface area contributed by atoms with Crippen molar-refractivity contribution in [2.24, 2.45) is 0 Å². The van der Waals surface area contributed by atoms with Gasteiger partial charge in [0.05, 0.1) is 25.2 Å². The molecule has 58 heavy (non-hydrogen) atoms. The largest absolute Gasteiger partial charge is 0.503 e. The second kappa shape index (κ2) is 13.8. The van der Waals surface area contributed by atoms with E-state index >= 15 is 0 Å². The van der Waals surface area contributed by atoms with Crippen molar-refractivity contribution in [3.8, 4) is 17.3 Å². The Morgan fingerprint density at radius 1 is 0.603 bits per heavy atom. The molecule has 0 amide bonds. The molecule has 1 aliphatic rings. The summed E-state index contributed by atoms with van der Waals surface area (Å²) in [5.74, 6) is 1.88. The van der Waals surface area contributed by atoms with E-state index in [1.165, 1.54) is 33.6 Å².